The van der Waals surface area contributed by atoms with E-state index < -0.39 is 12.1 Å². The normalized spacial score (nSPS) is 13.1. The van der Waals surface area contributed by atoms with Gasteiger partial charge in [-0.15, -0.1) is 0 Å². The lowest BCUT2D eigenvalue weighted by Gasteiger charge is -2.22. The molecular formula is C19H37NO5. The highest BCUT2D eigenvalue weighted by atomic mass is 16.6. The number of hydrogen-bond acceptors (Lipinski definition) is 5. The van der Waals surface area contributed by atoms with Crippen molar-refractivity contribution in [3.05, 3.63) is 0 Å². The lowest BCUT2D eigenvalue weighted by atomic mass is 9.99. The molecule has 0 fully saturated rings. The summed E-state index contributed by atoms with van der Waals surface area (Å²) < 4.78 is 15.1. The number of ether oxygens (including phenoxy) is 3. The lowest BCUT2D eigenvalue weighted by Crippen LogP contribution is -2.46. The summed E-state index contributed by atoms with van der Waals surface area (Å²) in [7, 11) is 1.53. The van der Waals surface area contributed by atoms with E-state index in [2.05, 4.69) is 12.2 Å². The molecule has 0 rings (SSSR count). The predicted octanol–water partition coefficient (Wildman–Crippen LogP) is 4.07. The van der Waals surface area contributed by atoms with E-state index in [4.69, 9.17) is 14.2 Å². The van der Waals surface area contributed by atoms with Crippen LogP contribution in [-0.2, 0) is 19.0 Å². The van der Waals surface area contributed by atoms with Crippen LogP contribution in [0.5, 0.6) is 0 Å². The third kappa shape index (κ3) is 12.7. The molecule has 2 atom stereocenters. The Morgan fingerprint density at radius 3 is 2.12 bits per heavy atom. The predicted molar refractivity (Wildman–Crippen MR) is 98.6 cm³/mol. The minimum Gasteiger partial charge on any atom is -0.464 e. The van der Waals surface area contributed by atoms with Gasteiger partial charge in [0.15, 0.2) is 0 Å². The minimum atomic E-state index is -0.676. The molecular weight excluding hydrogens is 322 g/mol. The zero-order chi connectivity index (χ0) is 18.9. The first-order valence-corrected chi connectivity index (χ1v) is 9.65. The van der Waals surface area contributed by atoms with Gasteiger partial charge in [-0.2, -0.15) is 0 Å². The van der Waals surface area contributed by atoms with Crippen LogP contribution in [0.25, 0.3) is 0 Å². The summed E-state index contributed by atoms with van der Waals surface area (Å²) in [5.74, 6) is -0.402. The Morgan fingerprint density at radius 2 is 1.52 bits per heavy atom. The molecule has 0 aromatic carbocycles. The third-order valence-electron chi connectivity index (χ3n) is 4.25. The first-order chi connectivity index (χ1) is 12.1. The second kappa shape index (κ2) is 16.2. The van der Waals surface area contributed by atoms with Crippen molar-refractivity contribution >= 4 is 12.1 Å². The van der Waals surface area contributed by atoms with Crippen LogP contribution < -0.4 is 5.32 Å². The molecule has 0 saturated heterocycles. The van der Waals surface area contributed by atoms with Crippen molar-refractivity contribution in [2.45, 2.75) is 78.2 Å². The van der Waals surface area contributed by atoms with Gasteiger partial charge in [-0.25, -0.2) is 9.59 Å². The molecule has 0 bridgehead atoms. The molecule has 0 spiro atoms. The summed E-state index contributed by atoms with van der Waals surface area (Å²) in [6, 6.07) is -0.676. The summed E-state index contributed by atoms with van der Waals surface area (Å²) >= 11 is 0. The van der Waals surface area contributed by atoms with Crippen LogP contribution in [0, 0.1) is 5.92 Å². The van der Waals surface area contributed by atoms with Gasteiger partial charge in [0.05, 0.1) is 13.2 Å². The third-order valence-corrected chi connectivity index (χ3v) is 4.25. The van der Waals surface area contributed by atoms with Gasteiger partial charge in [0.2, 0.25) is 0 Å². The van der Waals surface area contributed by atoms with Gasteiger partial charge in [-0.1, -0.05) is 65.7 Å². The fourth-order valence-corrected chi connectivity index (χ4v) is 2.38. The quantitative estimate of drug-likeness (QED) is 0.352. The topological polar surface area (TPSA) is 73.9 Å². The van der Waals surface area contributed by atoms with Crippen molar-refractivity contribution in [3.63, 3.8) is 0 Å². The Balaban J connectivity index is 4.08. The molecule has 0 aliphatic rings. The first-order valence-electron chi connectivity index (χ1n) is 9.65. The van der Waals surface area contributed by atoms with Gasteiger partial charge >= 0.3 is 12.1 Å². The number of nitrogens with one attached hydrogen (secondary N) is 1. The molecule has 25 heavy (non-hydrogen) atoms. The number of amides is 1. The molecule has 0 aliphatic heterocycles. The maximum Gasteiger partial charge on any atom is 0.407 e. The van der Waals surface area contributed by atoms with E-state index in [0.29, 0.717) is 13.2 Å². The van der Waals surface area contributed by atoms with Crippen molar-refractivity contribution < 1.29 is 23.8 Å². The summed E-state index contributed by atoms with van der Waals surface area (Å²) in [6.45, 7) is 6.97. The van der Waals surface area contributed by atoms with Crippen LogP contribution in [-0.4, -0.2) is 45.0 Å². The standard InChI is InChI=1S/C19H37NO5/c1-5-7-8-9-10-11-12-13-24-18(21)17(16(3)6-2)20-19(22)25-15-14-23-4/h16-17H,5-15H2,1-4H3,(H,20,22). The smallest absolute Gasteiger partial charge is 0.407 e. The molecule has 6 heteroatoms. The number of alkyl carbamates (subject to hydrolysis) is 1. The number of esters is 1. The highest BCUT2D eigenvalue weighted by molar-refractivity contribution is 5.81. The number of carbonyl (C=O) groups excluding carboxylic acids is 2. The molecule has 6 nitrogen and oxygen atoms in total. The Labute approximate surface area is 153 Å². The Kier molecular flexibility index (Phi) is 15.3. The number of carbonyl (C=O) groups is 2. The Bertz CT molecular complexity index is 349. The second-order valence-corrected chi connectivity index (χ2v) is 6.43. The molecule has 0 heterocycles. The van der Waals surface area contributed by atoms with Gasteiger partial charge < -0.3 is 19.5 Å². The Hall–Kier alpha value is -1.30. The summed E-state index contributed by atoms with van der Waals surface area (Å²) in [5, 5.41) is 2.61. The van der Waals surface area contributed by atoms with Crippen LogP contribution in [0.1, 0.15) is 72.1 Å². The molecule has 1 N–H and O–H groups in total. The van der Waals surface area contributed by atoms with Crippen LogP contribution >= 0.6 is 0 Å². The van der Waals surface area contributed by atoms with E-state index in [0.717, 1.165) is 19.3 Å². The largest absolute Gasteiger partial charge is 0.464 e. The molecule has 1 amide bonds. The van der Waals surface area contributed by atoms with Crippen molar-refractivity contribution in [2.75, 3.05) is 26.9 Å². The fourth-order valence-electron chi connectivity index (χ4n) is 2.38. The summed E-state index contributed by atoms with van der Waals surface area (Å²) in [6.07, 6.45) is 8.31. The monoisotopic (exact) mass is 359 g/mol. The van der Waals surface area contributed by atoms with E-state index in [1.807, 2.05) is 13.8 Å². The van der Waals surface area contributed by atoms with Crippen LogP contribution in [0.2, 0.25) is 0 Å². The average Bonchev–Trinajstić information content (AvgIpc) is 2.61. The van der Waals surface area contributed by atoms with E-state index in [1.165, 1.54) is 39.2 Å². The van der Waals surface area contributed by atoms with E-state index in [1.54, 1.807) is 0 Å². The zero-order valence-corrected chi connectivity index (χ0v) is 16.5. The maximum absolute atomic E-state index is 12.3. The fraction of sp³-hybridized carbons (Fsp3) is 0.895. The number of rotatable bonds is 15. The van der Waals surface area contributed by atoms with Crippen molar-refractivity contribution in [1.82, 2.24) is 5.32 Å². The summed E-state index contributed by atoms with van der Waals surface area (Å²) in [4.78, 5) is 24.0. The lowest BCUT2D eigenvalue weighted by molar-refractivity contribution is -0.147. The van der Waals surface area contributed by atoms with Crippen LogP contribution in [0.3, 0.4) is 0 Å². The van der Waals surface area contributed by atoms with E-state index >= 15 is 0 Å². The van der Waals surface area contributed by atoms with Gasteiger partial charge in [-0.05, 0) is 12.3 Å². The number of methoxy groups -OCH3 is 1. The highest BCUT2D eigenvalue weighted by Gasteiger charge is 2.27. The van der Waals surface area contributed by atoms with Gasteiger partial charge in [0.25, 0.3) is 0 Å². The molecule has 0 aliphatic carbocycles. The van der Waals surface area contributed by atoms with Crippen LogP contribution in [0.4, 0.5) is 4.79 Å². The summed E-state index contributed by atoms with van der Waals surface area (Å²) in [5.41, 5.74) is 0. The maximum atomic E-state index is 12.3. The van der Waals surface area contributed by atoms with Gasteiger partial charge in [0, 0.05) is 7.11 Å². The van der Waals surface area contributed by atoms with Gasteiger partial charge in [0.1, 0.15) is 12.6 Å². The molecule has 0 saturated carbocycles. The van der Waals surface area contributed by atoms with Crippen molar-refractivity contribution in [1.29, 1.82) is 0 Å². The van der Waals surface area contributed by atoms with Crippen LogP contribution in [0.15, 0.2) is 0 Å². The van der Waals surface area contributed by atoms with Crippen molar-refractivity contribution in [2.24, 2.45) is 5.92 Å². The van der Waals surface area contributed by atoms with Crippen molar-refractivity contribution in [3.8, 4) is 0 Å². The zero-order valence-electron chi connectivity index (χ0n) is 16.5. The van der Waals surface area contributed by atoms with E-state index in [-0.39, 0.29) is 18.5 Å². The number of hydrogen-bond donors (Lipinski definition) is 1. The SMILES string of the molecule is CCCCCCCCCOC(=O)C(NC(=O)OCCOC)C(C)CC. The minimum absolute atomic E-state index is 0.0171. The first kappa shape index (κ1) is 23.7. The molecule has 0 aromatic heterocycles. The average molecular weight is 360 g/mol. The molecule has 0 radical (unpaired) electrons. The van der Waals surface area contributed by atoms with E-state index in [9.17, 15) is 9.59 Å². The molecule has 0 aromatic rings. The highest BCUT2D eigenvalue weighted by Crippen LogP contribution is 2.11. The molecule has 2 unspecified atom stereocenters. The number of unbranched alkanes of at least 4 members (excludes halogenated alkanes) is 6. The second-order valence-electron chi connectivity index (χ2n) is 6.43. The van der Waals surface area contributed by atoms with Gasteiger partial charge in [-0.3, -0.25) is 0 Å². The Morgan fingerprint density at radius 1 is 0.880 bits per heavy atom. The molecule has 148 valence electrons.